The topological polar surface area (TPSA) is 127 Å². The van der Waals surface area contributed by atoms with Gasteiger partial charge < -0.3 is 21.7 Å². The Morgan fingerprint density at radius 3 is 2.08 bits per heavy atom. The van der Waals surface area contributed by atoms with Crippen molar-refractivity contribution in [3.63, 3.8) is 0 Å². The van der Waals surface area contributed by atoms with Crippen molar-refractivity contribution in [2.75, 3.05) is 6.54 Å². The van der Waals surface area contributed by atoms with Crippen molar-refractivity contribution in [3.05, 3.63) is 0 Å². The van der Waals surface area contributed by atoms with Crippen LogP contribution < -0.4 is 11.5 Å². The summed E-state index contributed by atoms with van der Waals surface area (Å²) in [5.41, 5.74) is 8.78. The van der Waals surface area contributed by atoms with Crippen molar-refractivity contribution in [3.8, 4) is 0 Å². The first-order valence-electron chi connectivity index (χ1n) is 3.36. The van der Waals surface area contributed by atoms with Gasteiger partial charge in [0, 0.05) is 13.0 Å². The van der Waals surface area contributed by atoms with Gasteiger partial charge in [-0.25, -0.2) is 0 Å². The monoisotopic (exact) mass is 176 g/mol. The fraction of sp³-hybridized carbons (Fsp3) is 0.667. The normalized spacial score (nSPS) is 15.2. The highest BCUT2D eigenvalue weighted by molar-refractivity contribution is 5.79. The Labute approximate surface area is 69.2 Å². The number of carboxylic acid groups (broad SMARTS) is 2. The third-order valence-electron chi connectivity index (χ3n) is 1.58. The van der Waals surface area contributed by atoms with Gasteiger partial charge in [-0.3, -0.25) is 9.59 Å². The molecule has 0 saturated heterocycles. The molecule has 0 aliphatic carbocycles. The van der Waals surface area contributed by atoms with Crippen molar-refractivity contribution >= 4 is 11.9 Å². The molecule has 0 aromatic rings. The zero-order valence-corrected chi connectivity index (χ0v) is 6.49. The van der Waals surface area contributed by atoms with Crippen molar-refractivity contribution < 1.29 is 19.8 Å². The van der Waals surface area contributed by atoms with Gasteiger partial charge in [-0.2, -0.15) is 0 Å². The number of nitrogens with two attached hydrogens (primary N) is 2. The second-order valence-corrected chi connectivity index (χ2v) is 2.56. The molecule has 0 aromatic carbocycles. The second kappa shape index (κ2) is 4.03. The van der Waals surface area contributed by atoms with E-state index in [0.29, 0.717) is 0 Å². The fourth-order valence-electron chi connectivity index (χ4n) is 0.626. The number of hydrogen-bond donors (Lipinski definition) is 4. The molecule has 0 heterocycles. The van der Waals surface area contributed by atoms with Crippen LogP contribution in [0, 0.1) is 0 Å². The predicted molar refractivity (Wildman–Crippen MR) is 40.5 cm³/mol. The van der Waals surface area contributed by atoms with E-state index in [9.17, 15) is 9.59 Å². The molecule has 0 amide bonds. The van der Waals surface area contributed by atoms with Gasteiger partial charge in [-0.15, -0.1) is 0 Å². The summed E-state index contributed by atoms with van der Waals surface area (Å²) < 4.78 is 0. The highest BCUT2D eigenvalue weighted by atomic mass is 16.4. The quantitative estimate of drug-likeness (QED) is 0.407. The Kier molecular flexibility index (Phi) is 3.65. The van der Waals surface area contributed by atoms with Crippen LogP contribution in [0.4, 0.5) is 0 Å². The Balaban J connectivity index is 4.15. The molecule has 6 heteroatoms. The maximum absolute atomic E-state index is 10.5. The van der Waals surface area contributed by atoms with Crippen LogP contribution in [-0.2, 0) is 9.59 Å². The summed E-state index contributed by atoms with van der Waals surface area (Å²) in [5.74, 6) is -2.36. The summed E-state index contributed by atoms with van der Waals surface area (Å²) in [6, 6.07) is 0. The predicted octanol–water partition coefficient (Wildman–Crippen LogP) is -1.41. The molecule has 0 fully saturated rings. The SMILES string of the molecule is NCC(N)(CCC(=O)O)C(=O)O. The molecule has 0 aliphatic heterocycles. The number of carbonyl (C=O) groups is 2. The summed E-state index contributed by atoms with van der Waals surface area (Å²) in [6.45, 7) is -0.268. The van der Waals surface area contributed by atoms with E-state index in [-0.39, 0.29) is 19.4 Å². The minimum absolute atomic E-state index is 0.159. The Morgan fingerprint density at radius 1 is 1.33 bits per heavy atom. The van der Waals surface area contributed by atoms with E-state index >= 15 is 0 Å². The second-order valence-electron chi connectivity index (χ2n) is 2.56. The summed E-state index contributed by atoms with van der Waals surface area (Å²) in [6.07, 6.45) is -0.450. The first-order valence-corrected chi connectivity index (χ1v) is 3.36. The molecule has 6 nitrogen and oxygen atoms in total. The van der Waals surface area contributed by atoms with Crippen LogP contribution in [0.15, 0.2) is 0 Å². The van der Waals surface area contributed by atoms with Gasteiger partial charge in [0.2, 0.25) is 0 Å². The zero-order valence-electron chi connectivity index (χ0n) is 6.49. The Bertz CT molecular complexity index is 194. The van der Waals surface area contributed by atoms with E-state index in [1.807, 2.05) is 0 Å². The first-order chi connectivity index (χ1) is 5.42. The molecule has 12 heavy (non-hydrogen) atoms. The van der Waals surface area contributed by atoms with Crippen LogP contribution in [0.1, 0.15) is 12.8 Å². The van der Waals surface area contributed by atoms with Crippen molar-refractivity contribution in [1.29, 1.82) is 0 Å². The lowest BCUT2D eigenvalue weighted by molar-refractivity contribution is -0.144. The van der Waals surface area contributed by atoms with Crippen LogP contribution in [-0.4, -0.2) is 34.2 Å². The molecule has 6 N–H and O–H groups in total. The van der Waals surface area contributed by atoms with E-state index in [0.717, 1.165) is 0 Å². The van der Waals surface area contributed by atoms with Gasteiger partial charge >= 0.3 is 11.9 Å². The molecule has 1 unspecified atom stereocenters. The first kappa shape index (κ1) is 10.9. The number of rotatable bonds is 5. The number of hydrogen-bond acceptors (Lipinski definition) is 4. The minimum Gasteiger partial charge on any atom is -0.481 e. The maximum Gasteiger partial charge on any atom is 0.325 e. The van der Waals surface area contributed by atoms with Crippen LogP contribution in [0.3, 0.4) is 0 Å². The van der Waals surface area contributed by atoms with Crippen molar-refractivity contribution in [2.24, 2.45) is 11.5 Å². The molecule has 0 aliphatic rings. The average molecular weight is 176 g/mol. The van der Waals surface area contributed by atoms with Crippen LogP contribution in [0.25, 0.3) is 0 Å². The third-order valence-corrected chi connectivity index (χ3v) is 1.58. The van der Waals surface area contributed by atoms with E-state index in [2.05, 4.69) is 0 Å². The molecule has 0 spiro atoms. The summed E-state index contributed by atoms with van der Waals surface area (Å²) in [4.78, 5) is 20.6. The average Bonchev–Trinajstić information content (AvgIpc) is 1.99. The maximum atomic E-state index is 10.5. The zero-order chi connectivity index (χ0) is 9.78. The summed E-state index contributed by atoms with van der Waals surface area (Å²) in [7, 11) is 0. The minimum atomic E-state index is -1.61. The van der Waals surface area contributed by atoms with E-state index in [1.165, 1.54) is 0 Å². The highest BCUT2D eigenvalue weighted by Crippen LogP contribution is 2.07. The number of carboxylic acids is 2. The molecule has 1 atom stereocenters. The Morgan fingerprint density at radius 2 is 1.83 bits per heavy atom. The van der Waals surface area contributed by atoms with Gasteiger partial charge in [-0.05, 0) is 6.42 Å². The lowest BCUT2D eigenvalue weighted by atomic mass is 9.95. The fourth-order valence-corrected chi connectivity index (χ4v) is 0.626. The molecule has 70 valence electrons. The molecule has 0 radical (unpaired) electrons. The molecule has 0 aromatic heterocycles. The molecular weight excluding hydrogens is 164 g/mol. The molecule has 0 bridgehead atoms. The van der Waals surface area contributed by atoms with E-state index < -0.39 is 17.5 Å². The number of aliphatic carboxylic acids is 2. The summed E-state index contributed by atoms with van der Waals surface area (Å²) in [5, 5.41) is 16.8. The smallest absolute Gasteiger partial charge is 0.325 e. The van der Waals surface area contributed by atoms with Crippen molar-refractivity contribution in [2.45, 2.75) is 18.4 Å². The lowest BCUT2D eigenvalue weighted by Crippen LogP contribution is -2.54. The Hall–Kier alpha value is -1.14. The largest absolute Gasteiger partial charge is 0.481 e. The van der Waals surface area contributed by atoms with Crippen LogP contribution in [0.2, 0.25) is 0 Å². The molecular formula is C6H12N2O4. The lowest BCUT2D eigenvalue weighted by Gasteiger charge is -2.21. The third kappa shape index (κ3) is 2.85. The van der Waals surface area contributed by atoms with E-state index in [4.69, 9.17) is 21.7 Å². The highest BCUT2D eigenvalue weighted by Gasteiger charge is 2.32. The van der Waals surface area contributed by atoms with Crippen LogP contribution in [0.5, 0.6) is 0 Å². The van der Waals surface area contributed by atoms with Gasteiger partial charge in [0.15, 0.2) is 0 Å². The van der Waals surface area contributed by atoms with Gasteiger partial charge in [-0.1, -0.05) is 0 Å². The van der Waals surface area contributed by atoms with Crippen molar-refractivity contribution in [1.82, 2.24) is 0 Å². The standard InChI is InChI=1S/C6H12N2O4/c7-3-6(8,5(11)12)2-1-4(9)10/h1-3,7-8H2,(H,9,10)(H,11,12). The molecule has 0 saturated carbocycles. The van der Waals surface area contributed by atoms with Gasteiger partial charge in [0.1, 0.15) is 5.54 Å². The van der Waals surface area contributed by atoms with E-state index in [1.54, 1.807) is 0 Å². The van der Waals surface area contributed by atoms with Gasteiger partial charge in [0.05, 0.1) is 0 Å². The molecule has 0 rings (SSSR count). The van der Waals surface area contributed by atoms with Crippen LogP contribution >= 0.6 is 0 Å². The summed E-state index contributed by atoms with van der Waals surface area (Å²) >= 11 is 0. The van der Waals surface area contributed by atoms with Gasteiger partial charge in [0.25, 0.3) is 0 Å².